The fraction of sp³-hybridized carbons (Fsp3) is 0.118. The van der Waals surface area contributed by atoms with E-state index in [1.54, 1.807) is 0 Å². The third kappa shape index (κ3) is 5.64. The third-order valence-electron chi connectivity index (χ3n) is 11.7. The van der Waals surface area contributed by atoms with Crippen molar-refractivity contribution in [3.8, 4) is 78.7 Å². The molecule has 3 nitrogen and oxygen atoms in total. The Morgan fingerprint density at radius 2 is 0.759 bits per heavy atom. The molecule has 0 atom stereocenters. The largest absolute Gasteiger partial charge is 0.208 e. The number of benzene rings is 7. The minimum atomic E-state index is -0.115. The Morgan fingerprint density at radius 3 is 1.39 bits per heavy atom. The van der Waals surface area contributed by atoms with Gasteiger partial charge in [0.25, 0.3) is 0 Å². The van der Waals surface area contributed by atoms with Crippen molar-refractivity contribution in [3.05, 3.63) is 187 Å². The minimum Gasteiger partial charge on any atom is -0.208 e. The van der Waals surface area contributed by atoms with Crippen LogP contribution < -0.4 is 0 Å². The van der Waals surface area contributed by atoms with Crippen molar-refractivity contribution in [1.82, 2.24) is 15.0 Å². The smallest absolute Gasteiger partial charge is 0.164 e. The standard InChI is InChI=1S/C51H41N3/c1-50(2)44-29-17-28-41(46(44)43-31-30-37(33-45(43)51(50,3)4)34-18-8-5-9-19-34)39-25-16-24-38(32-39)40-26-14-15-27-42(40)49-53-47(35-20-10-6-11-21-35)52-48(54-49)36-22-12-7-13-23-36/h5-33H,1-4H3. The third-order valence-corrected chi connectivity index (χ3v) is 11.7. The van der Waals surface area contributed by atoms with Gasteiger partial charge in [0.2, 0.25) is 0 Å². The summed E-state index contributed by atoms with van der Waals surface area (Å²) in [6.07, 6.45) is 0. The first-order chi connectivity index (χ1) is 26.3. The van der Waals surface area contributed by atoms with Gasteiger partial charge in [0.05, 0.1) is 0 Å². The summed E-state index contributed by atoms with van der Waals surface area (Å²) in [5.74, 6) is 1.95. The van der Waals surface area contributed by atoms with Gasteiger partial charge >= 0.3 is 0 Å². The normalized spacial score (nSPS) is 13.9. The van der Waals surface area contributed by atoms with Gasteiger partial charge in [-0.05, 0) is 78.6 Å². The van der Waals surface area contributed by atoms with Crippen LogP contribution in [0, 0.1) is 0 Å². The molecule has 1 aliphatic rings. The van der Waals surface area contributed by atoms with Gasteiger partial charge in [-0.25, -0.2) is 15.0 Å². The van der Waals surface area contributed by atoms with E-state index in [0.29, 0.717) is 17.5 Å². The number of fused-ring (bicyclic) bond motifs is 3. The van der Waals surface area contributed by atoms with Crippen molar-refractivity contribution >= 4 is 0 Å². The summed E-state index contributed by atoms with van der Waals surface area (Å²) < 4.78 is 0. The van der Waals surface area contributed by atoms with E-state index in [4.69, 9.17) is 15.0 Å². The van der Waals surface area contributed by atoms with E-state index in [9.17, 15) is 0 Å². The zero-order chi connectivity index (χ0) is 36.9. The maximum atomic E-state index is 5.09. The summed E-state index contributed by atoms with van der Waals surface area (Å²) in [5, 5.41) is 0. The number of hydrogen-bond acceptors (Lipinski definition) is 3. The van der Waals surface area contributed by atoms with Gasteiger partial charge < -0.3 is 0 Å². The lowest BCUT2D eigenvalue weighted by Crippen LogP contribution is -2.43. The van der Waals surface area contributed by atoms with Gasteiger partial charge in [-0.1, -0.05) is 191 Å². The van der Waals surface area contributed by atoms with Crippen LogP contribution in [0.25, 0.3) is 78.7 Å². The van der Waals surface area contributed by atoms with Gasteiger partial charge in [0.15, 0.2) is 17.5 Å². The minimum absolute atomic E-state index is 0.0960. The maximum Gasteiger partial charge on any atom is 0.164 e. The Morgan fingerprint density at radius 1 is 0.296 bits per heavy atom. The molecule has 0 radical (unpaired) electrons. The molecule has 0 saturated heterocycles. The highest BCUT2D eigenvalue weighted by atomic mass is 15.0. The summed E-state index contributed by atoms with van der Waals surface area (Å²) >= 11 is 0. The second-order valence-electron chi connectivity index (χ2n) is 15.3. The molecule has 7 aromatic carbocycles. The van der Waals surface area contributed by atoms with E-state index in [0.717, 1.165) is 27.8 Å². The summed E-state index contributed by atoms with van der Waals surface area (Å²) in [4.78, 5) is 15.1. The first-order valence-corrected chi connectivity index (χ1v) is 18.7. The fourth-order valence-corrected chi connectivity index (χ4v) is 8.08. The lowest BCUT2D eigenvalue weighted by molar-refractivity contribution is 0.299. The zero-order valence-electron chi connectivity index (χ0n) is 31.1. The molecule has 9 rings (SSSR count). The fourth-order valence-electron chi connectivity index (χ4n) is 8.08. The summed E-state index contributed by atoms with van der Waals surface area (Å²) in [7, 11) is 0. The highest BCUT2D eigenvalue weighted by Crippen LogP contribution is 2.56. The van der Waals surface area contributed by atoms with Gasteiger partial charge in [-0.2, -0.15) is 0 Å². The second-order valence-corrected chi connectivity index (χ2v) is 15.3. The monoisotopic (exact) mass is 695 g/mol. The van der Waals surface area contributed by atoms with Crippen LogP contribution in [-0.2, 0) is 10.8 Å². The topological polar surface area (TPSA) is 38.7 Å². The maximum absolute atomic E-state index is 5.09. The molecule has 0 unspecified atom stereocenters. The SMILES string of the molecule is CC1(C)c2cc(-c3ccccc3)ccc2-c2c(-c3cccc(-c4ccccc4-c4nc(-c5ccccc5)nc(-c5ccccc5)n4)c3)cccc2C1(C)C. The van der Waals surface area contributed by atoms with Crippen molar-refractivity contribution in [2.24, 2.45) is 0 Å². The van der Waals surface area contributed by atoms with Crippen molar-refractivity contribution in [2.75, 3.05) is 0 Å². The van der Waals surface area contributed by atoms with E-state index in [1.165, 1.54) is 44.5 Å². The molecular weight excluding hydrogens is 655 g/mol. The van der Waals surface area contributed by atoms with Crippen LogP contribution >= 0.6 is 0 Å². The Hall–Kier alpha value is -6.45. The van der Waals surface area contributed by atoms with Crippen molar-refractivity contribution in [3.63, 3.8) is 0 Å². The van der Waals surface area contributed by atoms with Crippen LogP contribution in [0.4, 0.5) is 0 Å². The van der Waals surface area contributed by atoms with Crippen molar-refractivity contribution < 1.29 is 0 Å². The molecule has 54 heavy (non-hydrogen) atoms. The van der Waals surface area contributed by atoms with Crippen molar-refractivity contribution in [2.45, 2.75) is 38.5 Å². The predicted molar refractivity (Wildman–Crippen MR) is 224 cm³/mol. The Balaban J connectivity index is 1.19. The van der Waals surface area contributed by atoms with Crippen LogP contribution in [0.1, 0.15) is 38.8 Å². The van der Waals surface area contributed by atoms with Gasteiger partial charge in [-0.3, -0.25) is 0 Å². The van der Waals surface area contributed by atoms with E-state index in [2.05, 4.69) is 143 Å². The highest BCUT2D eigenvalue weighted by Gasteiger charge is 2.46. The molecule has 1 aromatic heterocycles. The van der Waals surface area contributed by atoms with Crippen LogP contribution in [0.5, 0.6) is 0 Å². The molecule has 0 aliphatic heterocycles. The first-order valence-electron chi connectivity index (χ1n) is 18.7. The molecule has 0 fully saturated rings. The lowest BCUT2D eigenvalue weighted by Gasteiger charge is -2.49. The second kappa shape index (κ2) is 13.2. The van der Waals surface area contributed by atoms with E-state index >= 15 is 0 Å². The molecule has 260 valence electrons. The predicted octanol–water partition coefficient (Wildman–Crippen LogP) is 13.1. The molecule has 0 spiro atoms. The number of nitrogens with zero attached hydrogens (tertiary/aromatic N) is 3. The zero-order valence-corrected chi connectivity index (χ0v) is 31.1. The Kier molecular flexibility index (Phi) is 8.16. The molecule has 0 bridgehead atoms. The molecule has 1 aliphatic carbocycles. The van der Waals surface area contributed by atoms with Crippen LogP contribution in [0.15, 0.2) is 176 Å². The number of rotatable bonds is 6. The van der Waals surface area contributed by atoms with E-state index in [1.807, 2.05) is 60.7 Å². The average molecular weight is 696 g/mol. The van der Waals surface area contributed by atoms with Crippen LogP contribution in [0.2, 0.25) is 0 Å². The molecule has 0 saturated carbocycles. The molecular formula is C51H41N3. The van der Waals surface area contributed by atoms with Gasteiger partial charge in [0, 0.05) is 16.7 Å². The van der Waals surface area contributed by atoms with Crippen molar-refractivity contribution in [1.29, 1.82) is 0 Å². The summed E-state index contributed by atoms with van der Waals surface area (Å²) in [5.41, 5.74) is 15.1. The Bertz CT molecular complexity index is 2580. The number of aromatic nitrogens is 3. The number of hydrogen-bond donors (Lipinski definition) is 0. The van der Waals surface area contributed by atoms with E-state index < -0.39 is 0 Å². The lowest BCUT2D eigenvalue weighted by atomic mass is 9.54. The van der Waals surface area contributed by atoms with Gasteiger partial charge in [0.1, 0.15) is 0 Å². The van der Waals surface area contributed by atoms with E-state index in [-0.39, 0.29) is 10.8 Å². The molecule has 3 heteroatoms. The average Bonchev–Trinajstić information content (AvgIpc) is 3.23. The van der Waals surface area contributed by atoms with Gasteiger partial charge in [-0.15, -0.1) is 0 Å². The molecule has 0 amide bonds. The summed E-state index contributed by atoms with van der Waals surface area (Å²) in [6.45, 7) is 9.62. The molecule has 0 N–H and O–H groups in total. The van der Waals surface area contributed by atoms with Crippen LogP contribution in [0.3, 0.4) is 0 Å². The van der Waals surface area contributed by atoms with Crippen LogP contribution in [-0.4, -0.2) is 15.0 Å². The quantitative estimate of drug-likeness (QED) is 0.174. The molecule has 8 aromatic rings. The Labute approximate surface area is 318 Å². The first kappa shape index (κ1) is 33.4. The summed E-state index contributed by atoms with van der Waals surface area (Å²) in [6, 6.07) is 62.4. The highest BCUT2D eigenvalue weighted by molar-refractivity contribution is 5.93. The molecule has 1 heterocycles.